The van der Waals surface area contributed by atoms with Gasteiger partial charge in [-0.1, -0.05) is 47.7 Å². The molecular formula is C23H21N3OS2. The Kier molecular flexibility index (Phi) is 5.65. The van der Waals surface area contributed by atoms with Gasteiger partial charge in [0, 0.05) is 16.6 Å². The zero-order valence-electron chi connectivity index (χ0n) is 16.5. The number of rotatable bonds is 5. The normalized spacial score (nSPS) is 11.0. The predicted molar refractivity (Wildman–Crippen MR) is 123 cm³/mol. The van der Waals surface area contributed by atoms with Gasteiger partial charge in [0.1, 0.15) is 16.2 Å². The van der Waals surface area contributed by atoms with Crippen LogP contribution < -0.4 is 5.32 Å². The fourth-order valence-corrected chi connectivity index (χ4v) is 5.07. The molecule has 2 aromatic carbocycles. The largest absolute Gasteiger partial charge is 0.325 e. The van der Waals surface area contributed by atoms with Crippen LogP contribution in [0.4, 0.5) is 5.69 Å². The second-order valence-electron chi connectivity index (χ2n) is 7.09. The van der Waals surface area contributed by atoms with Gasteiger partial charge in [0.05, 0.1) is 11.1 Å². The molecule has 0 spiro atoms. The van der Waals surface area contributed by atoms with Crippen molar-refractivity contribution in [1.82, 2.24) is 9.97 Å². The lowest BCUT2D eigenvalue weighted by Gasteiger charge is -2.08. The lowest BCUT2D eigenvalue weighted by molar-refractivity contribution is -0.113. The summed E-state index contributed by atoms with van der Waals surface area (Å²) in [4.78, 5) is 22.3. The van der Waals surface area contributed by atoms with Crippen LogP contribution in [0, 0.1) is 20.8 Å². The fraction of sp³-hybridized carbons (Fsp3) is 0.174. The maximum absolute atomic E-state index is 12.5. The van der Waals surface area contributed by atoms with Crippen molar-refractivity contribution in [2.75, 3.05) is 11.1 Å². The lowest BCUT2D eigenvalue weighted by Crippen LogP contribution is -2.14. The van der Waals surface area contributed by atoms with Gasteiger partial charge in [-0.3, -0.25) is 4.79 Å². The van der Waals surface area contributed by atoms with E-state index < -0.39 is 0 Å². The smallest absolute Gasteiger partial charge is 0.234 e. The number of nitrogens with zero attached hydrogens (tertiary/aromatic N) is 2. The summed E-state index contributed by atoms with van der Waals surface area (Å²) in [7, 11) is 0. The molecule has 4 rings (SSSR count). The number of aromatic nitrogens is 2. The van der Waals surface area contributed by atoms with E-state index >= 15 is 0 Å². The Morgan fingerprint density at radius 3 is 2.45 bits per heavy atom. The van der Waals surface area contributed by atoms with Gasteiger partial charge >= 0.3 is 0 Å². The zero-order valence-corrected chi connectivity index (χ0v) is 18.2. The minimum Gasteiger partial charge on any atom is -0.325 e. The average molecular weight is 420 g/mol. The number of aryl methyl sites for hydroxylation is 3. The van der Waals surface area contributed by atoms with Crippen molar-refractivity contribution in [2.45, 2.75) is 25.8 Å². The van der Waals surface area contributed by atoms with Gasteiger partial charge in [0.15, 0.2) is 0 Å². The number of anilines is 1. The summed E-state index contributed by atoms with van der Waals surface area (Å²) >= 11 is 3.05. The molecule has 0 aliphatic rings. The van der Waals surface area contributed by atoms with Crippen LogP contribution in [-0.4, -0.2) is 21.6 Å². The molecule has 0 unspecified atom stereocenters. The van der Waals surface area contributed by atoms with Crippen LogP contribution in [0.3, 0.4) is 0 Å². The monoisotopic (exact) mass is 419 g/mol. The molecule has 0 saturated heterocycles. The van der Waals surface area contributed by atoms with Crippen molar-refractivity contribution >= 4 is 44.9 Å². The molecule has 4 aromatic rings. The molecule has 29 heavy (non-hydrogen) atoms. The summed E-state index contributed by atoms with van der Waals surface area (Å²) in [6.07, 6.45) is 1.57. The SMILES string of the molecule is Cc1ccc(-c2csc3ncnc(SCC(=O)Nc4cc(C)cc(C)c4)c23)cc1. The molecule has 6 heteroatoms. The number of thiophene rings is 1. The molecule has 0 saturated carbocycles. The number of carbonyl (C=O) groups is 1. The number of thioether (sulfide) groups is 1. The van der Waals surface area contributed by atoms with Crippen molar-refractivity contribution in [2.24, 2.45) is 0 Å². The average Bonchev–Trinajstić information content (AvgIpc) is 3.11. The van der Waals surface area contributed by atoms with E-state index in [1.807, 2.05) is 26.0 Å². The fourth-order valence-electron chi connectivity index (χ4n) is 3.28. The summed E-state index contributed by atoms with van der Waals surface area (Å²) in [6, 6.07) is 14.5. The van der Waals surface area contributed by atoms with Crippen LogP contribution in [0.25, 0.3) is 21.3 Å². The van der Waals surface area contributed by atoms with E-state index in [1.54, 1.807) is 17.7 Å². The van der Waals surface area contributed by atoms with E-state index in [0.717, 1.165) is 43.2 Å². The number of benzene rings is 2. The Hall–Kier alpha value is -2.70. The Balaban J connectivity index is 1.55. The van der Waals surface area contributed by atoms with Crippen molar-refractivity contribution in [3.63, 3.8) is 0 Å². The summed E-state index contributed by atoms with van der Waals surface area (Å²) in [6.45, 7) is 6.13. The first-order chi connectivity index (χ1) is 14.0. The minimum atomic E-state index is -0.0427. The summed E-state index contributed by atoms with van der Waals surface area (Å²) in [5, 5.41) is 6.96. The molecule has 0 fully saturated rings. The van der Waals surface area contributed by atoms with Crippen molar-refractivity contribution < 1.29 is 4.79 Å². The molecule has 2 aromatic heterocycles. The van der Waals surface area contributed by atoms with Crippen LogP contribution in [0.15, 0.2) is 59.2 Å². The van der Waals surface area contributed by atoms with Crippen molar-refractivity contribution in [3.8, 4) is 11.1 Å². The second-order valence-corrected chi connectivity index (χ2v) is 8.91. The first-order valence-electron chi connectivity index (χ1n) is 9.30. The lowest BCUT2D eigenvalue weighted by atomic mass is 10.1. The standard InChI is InChI=1S/C23H21N3OS2/c1-14-4-6-17(7-5-14)19-11-28-22-21(19)23(25-13-24-22)29-12-20(27)26-18-9-15(2)8-16(3)10-18/h4-11,13H,12H2,1-3H3,(H,26,27). The number of hydrogen-bond acceptors (Lipinski definition) is 5. The third kappa shape index (κ3) is 4.49. The van der Waals surface area contributed by atoms with Crippen molar-refractivity contribution in [1.29, 1.82) is 0 Å². The minimum absolute atomic E-state index is 0.0427. The maximum Gasteiger partial charge on any atom is 0.234 e. The number of hydrogen-bond donors (Lipinski definition) is 1. The second kappa shape index (κ2) is 8.35. The molecule has 0 aliphatic carbocycles. The van der Waals surface area contributed by atoms with E-state index in [0.29, 0.717) is 5.75 Å². The topological polar surface area (TPSA) is 54.9 Å². The van der Waals surface area contributed by atoms with Crippen LogP contribution in [0.1, 0.15) is 16.7 Å². The van der Waals surface area contributed by atoms with Gasteiger partial charge in [0.25, 0.3) is 0 Å². The molecule has 0 bridgehead atoms. The summed E-state index contributed by atoms with van der Waals surface area (Å²) in [5.74, 6) is 0.251. The van der Waals surface area contributed by atoms with Crippen LogP contribution >= 0.6 is 23.1 Å². The highest BCUT2D eigenvalue weighted by Gasteiger charge is 2.15. The molecule has 4 nitrogen and oxygen atoms in total. The van der Waals surface area contributed by atoms with Crippen molar-refractivity contribution in [3.05, 3.63) is 70.9 Å². The Morgan fingerprint density at radius 1 is 1.00 bits per heavy atom. The predicted octanol–water partition coefficient (Wildman–Crippen LogP) is 6.01. The van der Waals surface area contributed by atoms with E-state index in [1.165, 1.54) is 17.3 Å². The molecule has 1 N–H and O–H groups in total. The van der Waals surface area contributed by atoms with Crippen LogP contribution in [-0.2, 0) is 4.79 Å². The van der Waals surface area contributed by atoms with Gasteiger partial charge < -0.3 is 5.32 Å². The number of fused-ring (bicyclic) bond motifs is 1. The zero-order chi connectivity index (χ0) is 20.4. The number of carbonyl (C=O) groups excluding carboxylic acids is 1. The Bertz CT molecular complexity index is 1160. The highest BCUT2D eigenvalue weighted by Crippen LogP contribution is 2.37. The highest BCUT2D eigenvalue weighted by atomic mass is 32.2. The van der Waals surface area contributed by atoms with Crippen LogP contribution in [0.5, 0.6) is 0 Å². The van der Waals surface area contributed by atoms with Gasteiger partial charge in [0.2, 0.25) is 5.91 Å². The van der Waals surface area contributed by atoms with Crippen LogP contribution in [0.2, 0.25) is 0 Å². The summed E-state index contributed by atoms with van der Waals surface area (Å²) < 4.78 is 0. The molecule has 1 amide bonds. The van der Waals surface area contributed by atoms with Gasteiger partial charge in [-0.25, -0.2) is 9.97 Å². The Labute approximate surface area is 178 Å². The molecular weight excluding hydrogens is 398 g/mol. The molecule has 0 aliphatic heterocycles. The van der Waals surface area contributed by atoms with Gasteiger partial charge in [-0.2, -0.15) is 0 Å². The number of nitrogens with one attached hydrogen (secondary N) is 1. The van der Waals surface area contributed by atoms with E-state index in [2.05, 4.69) is 57.9 Å². The Morgan fingerprint density at radius 2 is 1.72 bits per heavy atom. The highest BCUT2D eigenvalue weighted by molar-refractivity contribution is 8.00. The summed E-state index contributed by atoms with van der Waals surface area (Å²) in [5.41, 5.74) is 6.57. The quantitative estimate of drug-likeness (QED) is 0.318. The van der Waals surface area contributed by atoms with E-state index in [4.69, 9.17) is 0 Å². The van der Waals surface area contributed by atoms with E-state index in [9.17, 15) is 4.79 Å². The van der Waals surface area contributed by atoms with Gasteiger partial charge in [-0.05, 0) is 49.6 Å². The first-order valence-corrected chi connectivity index (χ1v) is 11.2. The van der Waals surface area contributed by atoms with Gasteiger partial charge in [-0.15, -0.1) is 11.3 Å². The van der Waals surface area contributed by atoms with E-state index in [-0.39, 0.29) is 5.91 Å². The molecule has 0 atom stereocenters. The third-order valence-corrected chi connectivity index (χ3v) is 6.42. The first kappa shape index (κ1) is 19.6. The maximum atomic E-state index is 12.5. The molecule has 146 valence electrons. The third-order valence-electron chi connectivity index (χ3n) is 4.54. The molecule has 0 radical (unpaired) electrons. The number of amides is 1. The molecule has 2 heterocycles.